The van der Waals surface area contributed by atoms with Crippen molar-refractivity contribution in [1.82, 2.24) is 29.9 Å². The Hall–Kier alpha value is -1.92. The van der Waals surface area contributed by atoms with Crippen molar-refractivity contribution in [3.05, 3.63) is 18.5 Å². The van der Waals surface area contributed by atoms with Crippen LogP contribution < -0.4 is 5.73 Å². The lowest BCUT2D eigenvalue weighted by Gasteiger charge is -2.05. The first-order chi connectivity index (χ1) is 6.27. The van der Waals surface area contributed by atoms with E-state index < -0.39 is 0 Å². The number of anilines is 1. The molecule has 2 heterocycles. The fraction of sp³-hybridized carbons (Fsp3) is 0.333. The Morgan fingerprint density at radius 3 is 3.00 bits per heavy atom. The molecule has 0 radical (unpaired) electrons. The number of hydrogen-bond acceptors (Lipinski definition) is 5. The maximum absolute atomic E-state index is 5.37. The molecule has 0 saturated carbocycles. The molecule has 0 aromatic carbocycles. The fourth-order valence-electron chi connectivity index (χ4n) is 1.02. The smallest absolute Gasteiger partial charge is 0.239 e. The van der Waals surface area contributed by atoms with E-state index >= 15 is 0 Å². The molecule has 0 aliphatic rings. The Balaban J connectivity index is 2.28. The Bertz CT molecular complexity index is 375. The van der Waals surface area contributed by atoms with Gasteiger partial charge in [0.2, 0.25) is 5.95 Å². The van der Waals surface area contributed by atoms with Crippen LogP contribution in [0.5, 0.6) is 0 Å². The second-order valence-corrected chi connectivity index (χ2v) is 2.63. The van der Waals surface area contributed by atoms with E-state index in [1.807, 2.05) is 6.92 Å². The molecule has 0 spiro atoms. The second-order valence-electron chi connectivity index (χ2n) is 2.63. The molecule has 2 aromatic heterocycles. The van der Waals surface area contributed by atoms with Gasteiger partial charge in [-0.15, -0.1) is 5.10 Å². The van der Waals surface area contributed by atoms with Gasteiger partial charge >= 0.3 is 0 Å². The fourth-order valence-corrected chi connectivity index (χ4v) is 1.02. The van der Waals surface area contributed by atoms with Gasteiger partial charge in [-0.3, -0.25) is 5.10 Å². The molecule has 0 aliphatic heterocycles. The van der Waals surface area contributed by atoms with Gasteiger partial charge in [0.25, 0.3) is 0 Å². The van der Waals surface area contributed by atoms with Crippen LogP contribution in [0.15, 0.2) is 12.7 Å². The zero-order valence-electron chi connectivity index (χ0n) is 7.05. The number of hydrogen-bond donors (Lipinski definition) is 2. The maximum Gasteiger partial charge on any atom is 0.239 e. The van der Waals surface area contributed by atoms with Crippen LogP contribution in [0.25, 0.3) is 0 Å². The molecule has 13 heavy (non-hydrogen) atoms. The lowest BCUT2D eigenvalue weighted by atomic mass is 10.3. The highest BCUT2D eigenvalue weighted by Gasteiger charge is 2.11. The quantitative estimate of drug-likeness (QED) is 0.652. The van der Waals surface area contributed by atoms with Crippen molar-refractivity contribution in [2.45, 2.75) is 13.0 Å². The van der Waals surface area contributed by atoms with E-state index in [0.717, 1.165) is 0 Å². The number of nitrogens with zero attached hydrogens (tertiary/aromatic N) is 5. The van der Waals surface area contributed by atoms with Crippen molar-refractivity contribution in [2.24, 2.45) is 0 Å². The van der Waals surface area contributed by atoms with Crippen molar-refractivity contribution < 1.29 is 0 Å². The van der Waals surface area contributed by atoms with E-state index in [4.69, 9.17) is 5.73 Å². The zero-order valence-corrected chi connectivity index (χ0v) is 7.05. The zero-order chi connectivity index (χ0) is 9.26. The third-order valence-corrected chi connectivity index (χ3v) is 1.75. The first-order valence-corrected chi connectivity index (χ1v) is 3.79. The molecular weight excluding hydrogens is 170 g/mol. The molecular formula is C6H9N7. The topological polar surface area (TPSA) is 98.3 Å². The summed E-state index contributed by atoms with van der Waals surface area (Å²) in [6.07, 6.45) is 3.08. The summed E-state index contributed by atoms with van der Waals surface area (Å²) in [7, 11) is 0. The van der Waals surface area contributed by atoms with Crippen LogP contribution >= 0.6 is 0 Å². The lowest BCUT2D eigenvalue weighted by Crippen LogP contribution is -2.09. The first kappa shape index (κ1) is 7.71. The summed E-state index contributed by atoms with van der Waals surface area (Å²) >= 11 is 0. The van der Waals surface area contributed by atoms with E-state index in [1.54, 1.807) is 11.0 Å². The highest BCUT2D eigenvalue weighted by atomic mass is 15.4. The molecule has 68 valence electrons. The van der Waals surface area contributed by atoms with Crippen LogP contribution in [0.4, 0.5) is 5.95 Å². The van der Waals surface area contributed by atoms with Gasteiger partial charge in [-0.2, -0.15) is 10.1 Å². The summed E-state index contributed by atoms with van der Waals surface area (Å²) in [5.41, 5.74) is 5.37. The summed E-state index contributed by atoms with van der Waals surface area (Å²) in [6, 6.07) is -0.0349. The molecule has 0 aliphatic carbocycles. The SMILES string of the molecule is CC(c1nc(N)n[nH]1)n1cncn1. The predicted molar refractivity (Wildman–Crippen MR) is 44.6 cm³/mol. The van der Waals surface area contributed by atoms with E-state index in [1.165, 1.54) is 6.33 Å². The summed E-state index contributed by atoms with van der Waals surface area (Å²) in [4.78, 5) is 7.82. The Morgan fingerprint density at radius 2 is 2.46 bits per heavy atom. The van der Waals surface area contributed by atoms with Gasteiger partial charge in [-0.1, -0.05) is 0 Å². The van der Waals surface area contributed by atoms with Crippen molar-refractivity contribution in [3.63, 3.8) is 0 Å². The van der Waals surface area contributed by atoms with Crippen LogP contribution in [-0.4, -0.2) is 29.9 Å². The average molecular weight is 179 g/mol. The molecule has 0 amide bonds. The number of aromatic amines is 1. The molecule has 2 rings (SSSR count). The first-order valence-electron chi connectivity index (χ1n) is 3.79. The van der Waals surface area contributed by atoms with Crippen LogP contribution in [0.1, 0.15) is 18.8 Å². The van der Waals surface area contributed by atoms with Crippen LogP contribution in [0, 0.1) is 0 Å². The number of rotatable bonds is 2. The standard InChI is InChI=1S/C6H9N7/c1-4(13-3-8-2-9-13)5-10-6(7)12-11-5/h2-4H,1H3,(H3,7,10,11,12). The highest BCUT2D eigenvalue weighted by Crippen LogP contribution is 2.10. The van der Waals surface area contributed by atoms with Gasteiger partial charge < -0.3 is 5.73 Å². The number of nitrogens with two attached hydrogens (primary N) is 1. The van der Waals surface area contributed by atoms with Crippen molar-refractivity contribution in [3.8, 4) is 0 Å². The number of nitrogen functional groups attached to an aromatic ring is 1. The molecule has 1 atom stereocenters. The van der Waals surface area contributed by atoms with Crippen LogP contribution in [0.2, 0.25) is 0 Å². The number of nitrogens with one attached hydrogen (secondary N) is 1. The molecule has 1 unspecified atom stereocenters. The average Bonchev–Trinajstić information content (AvgIpc) is 2.72. The monoisotopic (exact) mass is 179 g/mol. The Kier molecular flexibility index (Phi) is 1.69. The summed E-state index contributed by atoms with van der Waals surface area (Å²) in [5.74, 6) is 0.907. The van der Waals surface area contributed by atoms with E-state index in [9.17, 15) is 0 Å². The van der Waals surface area contributed by atoms with Gasteiger partial charge in [0.05, 0.1) is 0 Å². The van der Waals surface area contributed by atoms with Crippen molar-refractivity contribution in [1.29, 1.82) is 0 Å². The maximum atomic E-state index is 5.37. The molecule has 7 nitrogen and oxygen atoms in total. The highest BCUT2D eigenvalue weighted by molar-refractivity contribution is 5.14. The predicted octanol–water partition coefficient (Wildman–Crippen LogP) is -0.412. The van der Waals surface area contributed by atoms with Crippen LogP contribution in [0.3, 0.4) is 0 Å². The summed E-state index contributed by atoms with van der Waals surface area (Å²) < 4.78 is 1.67. The van der Waals surface area contributed by atoms with E-state index in [0.29, 0.717) is 5.82 Å². The van der Waals surface area contributed by atoms with Gasteiger partial charge in [0.1, 0.15) is 18.7 Å². The third kappa shape index (κ3) is 1.35. The normalized spacial score (nSPS) is 13.0. The molecule has 7 heteroatoms. The van der Waals surface area contributed by atoms with Gasteiger partial charge in [-0.05, 0) is 6.92 Å². The largest absolute Gasteiger partial charge is 0.367 e. The molecule has 3 N–H and O–H groups in total. The second kappa shape index (κ2) is 2.85. The van der Waals surface area contributed by atoms with Crippen LogP contribution in [-0.2, 0) is 0 Å². The Labute approximate surface area is 74.0 Å². The van der Waals surface area contributed by atoms with Gasteiger partial charge in [0, 0.05) is 0 Å². The number of aromatic nitrogens is 6. The minimum absolute atomic E-state index is 0.0349. The van der Waals surface area contributed by atoms with Gasteiger partial charge in [-0.25, -0.2) is 9.67 Å². The van der Waals surface area contributed by atoms with E-state index in [-0.39, 0.29) is 12.0 Å². The lowest BCUT2D eigenvalue weighted by molar-refractivity contribution is 0.537. The van der Waals surface area contributed by atoms with Crippen molar-refractivity contribution >= 4 is 5.95 Å². The van der Waals surface area contributed by atoms with E-state index in [2.05, 4.69) is 25.3 Å². The summed E-state index contributed by atoms with van der Waals surface area (Å²) in [6.45, 7) is 1.93. The van der Waals surface area contributed by atoms with Gasteiger partial charge in [0.15, 0.2) is 5.82 Å². The van der Waals surface area contributed by atoms with Crippen molar-refractivity contribution in [2.75, 3.05) is 5.73 Å². The molecule has 2 aromatic rings. The molecule has 0 bridgehead atoms. The minimum atomic E-state index is -0.0349. The summed E-state index contributed by atoms with van der Waals surface area (Å²) in [5, 5.41) is 10.4. The molecule has 0 saturated heterocycles. The molecule has 0 fully saturated rings. The third-order valence-electron chi connectivity index (χ3n) is 1.75. The number of H-pyrrole nitrogens is 1. The minimum Gasteiger partial charge on any atom is -0.367 e. The Morgan fingerprint density at radius 1 is 1.62 bits per heavy atom.